The first-order valence-electron chi connectivity index (χ1n) is 13.4. The van der Waals surface area contributed by atoms with E-state index in [4.69, 9.17) is 4.42 Å². The van der Waals surface area contributed by atoms with Gasteiger partial charge in [0, 0.05) is 16.3 Å². The van der Waals surface area contributed by atoms with Crippen LogP contribution in [0.15, 0.2) is 150 Å². The Morgan fingerprint density at radius 3 is 1.49 bits per heavy atom. The van der Waals surface area contributed by atoms with Crippen molar-refractivity contribution in [2.45, 2.75) is 0 Å². The fourth-order valence-electron chi connectivity index (χ4n) is 6.23. The lowest BCUT2D eigenvalue weighted by Gasteiger charge is -2.19. The SMILES string of the molecule is c1ccc(-c2c3ccccc3c(-c3ccccc3-c3cccc4c3oc3ccccc34)c3ccccc23)cc1. The Labute approximate surface area is 226 Å². The van der Waals surface area contributed by atoms with Gasteiger partial charge in [-0.25, -0.2) is 0 Å². The van der Waals surface area contributed by atoms with E-state index in [1.54, 1.807) is 0 Å². The predicted molar refractivity (Wildman–Crippen MR) is 165 cm³/mol. The summed E-state index contributed by atoms with van der Waals surface area (Å²) in [6, 6.07) is 51.9. The van der Waals surface area contributed by atoms with Crippen molar-refractivity contribution in [3.05, 3.63) is 146 Å². The summed E-state index contributed by atoms with van der Waals surface area (Å²) in [6.07, 6.45) is 0. The first-order valence-corrected chi connectivity index (χ1v) is 13.4. The van der Waals surface area contributed by atoms with Crippen LogP contribution in [0.3, 0.4) is 0 Å². The average Bonchev–Trinajstić information content (AvgIpc) is 3.39. The number of furan rings is 1. The summed E-state index contributed by atoms with van der Waals surface area (Å²) >= 11 is 0. The van der Waals surface area contributed by atoms with E-state index in [9.17, 15) is 0 Å². The van der Waals surface area contributed by atoms with Gasteiger partial charge in [-0.2, -0.15) is 0 Å². The average molecular weight is 497 g/mol. The highest BCUT2D eigenvalue weighted by Gasteiger charge is 2.20. The van der Waals surface area contributed by atoms with Gasteiger partial charge in [0.15, 0.2) is 0 Å². The molecule has 0 fully saturated rings. The molecule has 7 aromatic carbocycles. The van der Waals surface area contributed by atoms with Gasteiger partial charge in [-0.05, 0) is 55.4 Å². The topological polar surface area (TPSA) is 13.1 Å². The monoisotopic (exact) mass is 496 g/mol. The highest BCUT2D eigenvalue weighted by Crippen LogP contribution is 2.47. The van der Waals surface area contributed by atoms with E-state index >= 15 is 0 Å². The van der Waals surface area contributed by atoms with E-state index in [2.05, 4.69) is 133 Å². The molecule has 8 rings (SSSR count). The Balaban J connectivity index is 1.50. The van der Waals surface area contributed by atoms with E-state index < -0.39 is 0 Å². The molecule has 8 aromatic rings. The Morgan fingerprint density at radius 2 is 0.795 bits per heavy atom. The molecule has 1 aromatic heterocycles. The lowest BCUT2D eigenvalue weighted by atomic mass is 9.84. The molecule has 0 radical (unpaired) electrons. The highest BCUT2D eigenvalue weighted by molar-refractivity contribution is 6.23. The predicted octanol–water partition coefficient (Wildman–Crippen LogP) is 10.9. The van der Waals surface area contributed by atoms with Gasteiger partial charge in [0.1, 0.15) is 11.2 Å². The molecule has 0 spiro atoms. The minimum Gasteiger partial charge on any atom is -0.455 e. The van der Waals surface area contributed by atoms with Crippen LogP contribution in [0.2, 0.25) is 0 Å². The molecule has 0 aliphatic carbocycles. The van der Waals surface area contributed by atoms with Gasteiger partial charge in [-0.1, -0.05) is 140 Å². The van der Waals surface area contributed by atoms with Crippen molar-refractivity contribution < 1.29 is 4.42 Å². The summed E-state index contributed by atoms with van der Waals surface area (Å²) < 4.78 is 6.48. The summed E-state index contributed by atoms with van der Waals surface area (Å²) in [4.78, 5) is 0. The summed E-state index contributed by atoms with van der Waals surface area (Å²) in [5.74, 6) is 0. The number of fused-ring (bicyclic) bond motifs is 5. The van der Waals surface area contributed by atoms with Crippen LogP contribution in [0.25, 0.3) is 76.9 Å². The Hall–Kier alpha value is -5.14. The normalized spacial score (nSPS) is 11.6. The molecule has 182 valence electrons. The largest absolute Gasteiger partial charge is 0.455 e. The van der Waals surface area contributed by atoms with Crippen molar-refractivity contribution in [2.24, 2.45) is 0 Å². The molecule has 1 nitrogen and oxygen atoms in total. The van der Waals surface area contributed by atoms with Crippen molar-refractivity contribution in [3.63, 3.8) is 0 Å². The summed E-state index contributed by atoms with van der Waals surface area (Å²) in [5, 5.41) is 7.31. The Kier molecular flexibility index (Phi) is 4.89. The summed E-state index contributed by atoms with van der Waals surface area (Å²) in [6.45, 7) is 0. The van der Waals surface area contributed by atoms with Crippen LogP contribution in [0.4, 0.5) is 0 Å². The van der Waals surface area contributed by atoms with Crippen LogP contribution in [0.1, 0.15) is 0 Å². The fraction of sp³-hybridized carbons (Fsp3) is 0. The molecule has 0 amide bonds. The zero-order valence-electron chi connectivity index (χ0n) is 21.3. The number of rotatable bonds is 3. The smallest absolute Gasteiger partial charge is 0.143 e. The van der Waals surface area contributed by atoms with Gasteiger partial charge < -0.3 is 4.42 Å². The third-order valence-corrected chi connectivity index (χ3v) is 7.88. The zero-order chi connectivity index (χ0) is 25.8. The third-order valence-electron chi connectivity index (χ3n) is 7.88. The lowest BCUT2D eigenvalue weighted by Crippen LogP contribution is -1.92. The van der Waals surface area contributed by atoms with Crippen LogP contribution in [0, 0.1) is 0 Å². The summed E-state index contributed by atoms with van der Waals surface area (Å²) in [5.41, 5.74) is 9.10. The van der Waals surface area contributed by atoms with Gasteiger partial charge in [0.25, 0.3) is 0 Å². The number of para-hydroxylation sites is 2. The first kappa shape index (κ1) is 21.9. The minimum absolute atomic E-state index is 0.917. The molecule has 1 heterocycles. The van der Waals surface area contributed by atoms with Crippen molar-refractivity contribution in [1.82, 2.24) is 0 Å². The maximum absolute atomic E-state index is 6.48. The maximum atomic E-state index is 6.48. The Morgan fingerprint density at radius 1 is 0.308 bits per heavy atom. The molecule has 0 bridgehead atoms. The molecule has 0 saturated carbocycles. The number of benzene rings is 7. The van der Waals surface area contributed by atoms with Crippen molar-refractivity contribution >= 4 is 43.5 Å². The zero-order valence-corrected chi connectivity index (χ0v) is 21.3. The van der Waals surface area contributed by atoms with Gasteiger partial charge in [-0.3, -0.25) is 0 Å². The summed E-state index contributed by atoms with van der Waals surface area (Å²) in [7, 11) is 0. The number of hydrogen-bond donors (Lipinski definition) is 0. The van der Waals surface area contributed by atoms with Gasteiger partial charge >= 0.3 is 0 Å². The highest BCUT2D eigenvalue weighted by atomic mass is 16.3. The van der Waals surface area contributed by atoms with E-state index in [-0.39, 0.29) is 0 Å². The standard InChI is InChI=1S/C38H24O/c1-2-13-25(14-3-1)36-29-18-6-8-20-31(29)37(32-21-9-7-19-30(32)36)28-17-5-4-15-26(28)33-22-12-23-34-27-16-10-11-24-35(27)39-38(33)34/h1-24H. The molecule has 0 aliphatic rings. The first-order chi connectivity index (χ1) is 19.4. The van der Waals surface area contributed by atoms with Crippen LogP contribution in [-0.4, -0.2) is 0 Å². The molecular weight excluding hydrogens is 472 g/mol. The van der Waals surface area contributed by atoms with Crippen LogP contribution >= 0.6 is 0 Å². The van der Waals surface area contributed by atoms with Gasteiger partial charge in [-0.15, -0.1) is 0 Å². The molecule has 0 saturated heterocycles. The minimum atomic E-state index is 0.917. The second-order valence-corrected chi connectivity index (χ2v) is 10.0. The molecule has 0 atom stereocenters. The van der Waals surface area contributed by atoms with Gasteiger partial charge in [0.05, 0.1) is 0 Å². The van der Waals surface area contributed by atoms with Crippen LogP contribution < -0.4 is 0 Å². The van der Waals surface area contributed by atoms with Crippen molar-refractivity contribution in [1.29, 1.82) is 0 Å². The van der Waals surface area contributed by atoms with Crippen molar-refractivity contribution in [3.8, 4) is 33.4 Å². The molecule has 0 N–H and O–H groups in total. The third kappa shape index (κ3) is 3.34. The second-order valence-electron chi connectivity index (χ2n) is 10.0. The molecular formula is C38H24O. The molecule has 39 heavy (non-hydrogen) atoms. The van der Waals surface area contributed by atoms with Crippen LogP contribution in [-0.2, 0) is 0 Å². The fourth-order valence-corrected chi connectivity index (χ4v) is 6.23. The van der Waals surface area contributed by atoms with Crippen LogP contribution in [0.5, 0.6) is 0 Å². The van der Waals surface area contributed by atoms with E-state index in [0.29, 0.717) is 0 Å². The number of hydrogen-bond acceptors (Lipinski definition) is 1. The van der Waals surface area contributed by atoms with E-state index in [1.807, 2.05) is 12.1 Å². The Bertz CT molecular complexity index is 2110. The van der Waals surface area contributed by atoms with E-state index in [1.165, 1.54) is 49.4 Å². The quantitative estimate of drug-likeness (QED) is 0.222. The molecule has 0 unspecified atom stereocenters. The second kappa shape index (κ2) is 8.72. The lowest BCUT2D eigenvalue weighted by molar-refractivity contribution is 0.670. The molecule has 0 aliphatic heterocycles. The van der Waals surface area contributed by atoms with Gasteiger partial charge in [0.2, 0.25) is 0 Å². The van der Waals surface area contributed by atoms with Crippen molar-refractivity contribution in [2.75, 3.05) is 0 Å². The maximum Gasteiger partial charge on any atom is 0.143 e. The molecule has 1 heteroatoms. The van der Waals surface area contributed by atoms with E-state index in [0.717, 1.165) is 27.5 Å².